The molecule has 0 aliphatic heterocycles. The number of likely N-dealkylation sites (N-methyl/N-ethyl adjacent to an activating group) is 1. The fourth-order valence-corrected chi connectivity index (χ4v) is 2.67. The fourth-order valence-electron chi connectivity index (χ4n) is 2.67. The van der Waals surface area contributed by atoms with E-state index < -0.39 is 0 Å². The van der Waals surface area contributed by atoms with E-state index in [9.17, 15) is 4.79 Å². The van der Waals surface area contributed by atoms with E-state index in [0.717, 1.165) is 30.0 Å². The molecule has 0 atom stereocenters. The molecular weight excluding hydrogens is 350 g/mol. The molecule has 0 saturated heterocycles. The maximum Gasteiger partial charge on any atom is 0.225 e. The molecule has 3 rings (SSSR count). The van der Waals surface area contributed by atoms with Crippen molar-refractivity contribution in [3.05, 3.63) is 66.2 Å². The first-order valence-corrected chi connectivity index (χ1v) is 9.22. The molecule has 2 aromatic carbocycles. The lowest BCUT2D eigenvalue weighted by Crippen LogP contribution is -2.21. The maximum atomic E-state index is 11.5. The van der Waals surface area contributed by atoms with Gasteiger partial charge in [0.25, 0.3) is 0 Å². The van der Waals surface area contributed by atoms with Crippen LogP contribution >= 0.6 is 0 Å². The number of carbonyl (C=O) groups is 1. The molecule has 1 heterocycles. The average Bonchev–Trinajstić information content (AvgIpc) is 2.68. The molecule has 3 aromatic rings. The summed E-state index contributed by atoms with van der Waals surface area (Å²) >= 11 is 0. The number of rotatable bonds is 8. The second-order valence-corrected chi connectivity index (χ2v) is 6.82. The molecule has 1 aromatic heterocycles. The highest BCUT2D eigenvalue weighted by Crippen LogP contribution is 2.23. The van der Waals surface area contributed by atoms with Gasteiger partial charge in [-0.1, -0.05) is 30.3 Å². The summed E-state index contributed by atoms with van der Waals surface area (Å²) in [7, 11) is 4.06. The molecule has 0 saturated carbocycles. The molecule has 0 fully saturated rings. The quantitative estimate of drug-likeness (QED) is 0.579. The van der Waals surface area contributed by atoms with E-state index in [1.807, 2.05) is 62.6 Å². The van der Waals surface area contributed by atoms with Crippen LogP contribution in [0.15, 0.2) is 60.7 Å². The summed E-state index contributed by atoms with van der Waals surface area (Å²) in [6.07, 6.45) is 0. The Bertz CT molecular complexity index is 923. The Kier molecular flexibility index (Phi) is 6.34. The van der Waals surface area contributed by atoms with Gasteiger partial charge in [0.05, 0.1) is 5.69 Å². The van der Waals surface area contributed by atoms with Crippen LogP contribution in [0.2, 0.25) is 0 Å². The number of nitrogens with one attached hydrogen (secondary N) is 2. The fraction of sp³-hybridized carbons (Fsp3) is 0.227. The SMILES string of the molecule is CC(=O)c1ccc(Nc2cc(-c3ccccc3)nc(NCCN(C)C)n2)cc1. The third-order valence-corrected chi connectivity index (χ3v) is 4.20. The molecule has 0 aliphatic carbocycles. The van der Waals surface area contributed by atoms with Crippen molar-refractivity contribution in [2.24, 2.45) is 0 Å². The topological polar surface area (TPSA) is 70.2 Å². The van der Waals surface area contributed by atoms with Crippen LogP contribution in [-0.4, -0.2) is 47.8 Å². The van der Waals surface area contributed by atoms with Gasteiger partial charge in [0.15, 0.2) is 5.78 Å². The van der Waals surface area contributed by atoms with E-state index in [0.29, 0.717) is 17.3 Å². The van der Waals surface area contributed by atoms with Crippen molar-refractivity contribution in [1.82, 2.24) is 14.9 Å². The average molecular weight is 375 g/mol. The summed E-state index contributed by atoms with van der Waals surface area (Å²) < 4.78 is 0. The Hall–Kier alpha value is -3.25. The van der Waals surface area contributed by atoms with Crippen LogP contribution in [0.1, 0.15) is 17.3 Å². The van der Waals surface area contributed by atoms with Gasteiger partial charge in [0.1, 0.15) is 5.82 Å². The molecule has 0 aliphatic rings. The Labute approximate surface area is 165 Å². The molecule has 0 bridgehead atoms. The van der Waals surface area contributed by atoms with Crippen LogP contribution in [0.25, 0.3) is 11.3 Å². The normalized spacial score (nSPS) is 10.7. The Morgan fingerprint density at radius 1 is 1.00 bits per heavy atom. The number of benzene rings is 2. The first-order valence-electron chi connectivity index (χ1n) is 9.22. The minimum atomic E-state index is 0.0485. The Morgan fingerprint density at radius 3 is 2.36 bits per heavy atom. The zero-order valence-electron chi connectivity index (χ0n) is 16.4. The van der Waals surface area contributed by atoms with E-state index >= 15 is 0 Å². The molecule has 6 nitrogen and oxygen atoms in total. The van der Waals surface area contributed by atoms with Gasteiger partial charge in [-0.25, -0.2) is 4.98 Å². The number of hydrogen-bond donors (Lipinski definition) is 2. The van der Waals surface area contributed by atoms with Crippen molar-refractivity contribution in [3.63, 3.8) is 0 Å². The molecule has 6 heteroatoms. The van der Waals surface area contributed by atoms with E-state index in [1.54, 1.807) is 19.1 Å². The van der Waals surface area contributed by atoms with Crippen molar-refractivity contribution in [2.75, 3.05) is 37.8 Å². The van der Waals surface area contributed by atoms with Gasteiger partial charge in [0, 0.05) is 36.0 Å². The second-order valence-electron chi connectivity index (χ2n) is 6.82. The molecule has 2 N–H and O–H groups in total. The van der Waals surface area contributed by atoms with Crippen LogP contribution in [-0.2, 0) is 0 Å². The third kappa shape index (κ3) is 5.37. The molecule has 28 heavy (non-hydrogen) atoms. The summed E-state index contributed by atoms with van der Waals surface area (Å²) in [6, 6.07) is 19.3. The number of nitrogens with zero attached hydrogens (tertiary/aromatic N) is 3. The van der Waals surface area contributed by atoms with Crippen molar-refractivity contribution >= 4 is 23.2 Å². The highest BCUT2D eigenvalue weighted by Gasteiger charge is 2.08. The standard InChI is InChI=1S/C22H25N5O/c1-16(28)17-9-11-19(12-10-17)24-21-15-20(18-7-5-4-6-8-18)25-22(26-21)23-13-14-27(2)3/h4-12,15H,13-14H2,1-3H3,(H2,23,24,25,26). The number of anilines is 3. The molecule has 0 amide bonds. The molecule has 0 radical (unpaired) electrons. The zero-order chi connectivity index (χ0) is 19.9. The largest absolute Gasteiger partial charge is 0.353 e. The van der Waals surface area contributed by atoms with Crippen LogP contribution in [0, 0.1) is 0 Å². The summed E-state index contributed by atoms with van der Waals surface area (Å²) in [5, 5.41) is 6.59. The lowest BCUT2D eigenvalue weighted by atomic mass is 10.1. The molecular formula is C22H25N5O. The van der Waals surface area contributed by atoms with E-state index in [2.05, 4.69) is 25.5 Å². The maximum absolute atomic E-state index is 11.5. The smallest absolute Gasteiger partial charge is 0.225 e. The monoisotopic (exact) mass is 375 g/mol. The van der Waals surface area contributed by atoms with Gasteiger partial charge in [-0.05, 0) is 45.3 Å². The van der Waals surface area contributed by atoms with Crippen LogP contribution in [0.3, 0.4) is 0 Å². The van der Waals surface area contributed by atoms with Crippen LogP contribution < -0.4 is 10.6 Å². The Morgan fingerprint density at radius 2 is 1.71 bits per heavy atom. The summed E-state index contributed by atoms with van der Waals surface area (Å²) in [5.41, 5.74) is 3.41. The lowest BCUT2D eigenvalue weighted by Gasteiger charge is -2.13. The summed E-state index contributed by atoms with van der Waals surface area (Å²) in [4.78, 5) is 22.8. The van der Waals surface area contributed by atoms with E-state index in [4.69, 9.17) is 0 Å². The van der Waals surface area contributed by atoms with E-state index in [1.165, 1.54) is 0 Å². The van der Waals surface area contributed by atoms with E-state index in [-0.39, 0.29) is 5.78 Å². The van der Waals surface area contributed by atoms with Crippen LogP contribution in [0.5, 0.6) is 0 Å². The van der Waals surface area contributed by atoms with Gasteiger partial charge in [-0.2, -0.15) is 4.98 Å². The number of aromatic nitrogens is 2. The minimum absolute atomic E-state index is 0.0485. The van der Waals surface area contributed by atoms with Gasteiger partial charge in [-0.3, -0.25) is 4.79 Å². The predicted molar refractivity (Wildman–Crippen MR) is 114 cm³/mol. The number of Topliss-reactive ketones (excluding diaryl/α,β-unsaturated/α-hetero) is 1. The minimum Gasteiger partial charge on any atom is -0.353 e. The molecule has 0 unspecified atom stereocenters. The Balaban J connectivity index is 1.86. The van der Waals surface area contributed by atoms with Gasteiger partial charge >= 0.3 is 0 Å². The first kappa shape index (κ1) is 19.5. The highest BCUT2D eigenvalue weighted by molar-refractivity contribution is 5.94. The number of hydrogen-bond acceptors (Lipinski definition) is 6. The predicted octanol–water partition coefficient (Wildman–Crippen LogP) is 4.06. The zero-order valence-corrected chi connectivity index (χ0v) is 16.4. The van der Waals surface area contributed by atoms with Crippen molar-refractivity contribution in [2.45, 2.75) is 6.92 Å². The van der Waals surface area contributed by atoms with Gasteiger partial charge < -0.3 is 15.5 Å². The number of ketones is 1. The molecule has 144 valence electrons. The summed E-state index contributed by atoms with van der Waals surface area (Å²) in [6.45, 7) is 3.19. The van der Waals surface area contributed by atoms with Crippen molar-refractivity contribution in [1.29, 1.82) is 0 Å². The number of carbonyl (C=O) groups excluding carboxylic acids is 1. The third-order valence-electron chi connectivity index (χ3n) is 4.20. The van der Waals surface area contributed by atoms with Crippen molar-refractivity contribution < 1.29 is 4.79 Å². The lowest BCUT2D eigenvalue weighted by molar-refractivity contribution is 0.101. The van der Waals surface area contributed by atoms with Crippen LogP contribution in [0.4, 0.5) is 17.5 Å². The van der Waals surface area contributed by atoms with Gasteiger partial charge in [-0.15, -0.1) is 0 Å². The first-order chi connectivity index (χ1) is 13.5. The summed E-state index contributed by atoms with van der Waals surface area (Å²) in [5.74, 6) is 1.31. The van der Waals surface area contributed by atoms with Gasteiger partial charge in [0.2, 0.25) is 5.95 Å². The highest BCUT2D eigenvalue weighted by atomic mass is 16.1. The second kappa shape index (κ2) is 9.10. The molecule has 0 spiro atoms. The van der Waals surface area contributed by atoms with Crippen molar-refractivity contribution in [3.8, 4) is 11.3 Å².